The van der Waals surface area contributed by atoms with E-state index < -0.39 is 0 Å². The second-order valence-electron chi connectivity index (χ2n) is 4.80. The lowest BCUT2D eigenvalue weighted by Gasteiger charge is -2.13. The molecule has 0 saturated heterocycles. The number of methoxy groups -OCH3 is 2. The lowest BCUT2D eigenvalue weighted by Crippen LogP contribution is -2.25. The molecule has 2 heterocycles. The molecule has 0 bridgehead atoms. The van der Waals surface area contributed by atoms with Crippen LogP contribution in [0.15, 0.2) is 24.5 Å². The van der Waals surface area contributed by atoms with Crippen LogP contribution in [0.25, 0.3) is 0 Å². The average Bonchev–Trinajstić information content (AvgIpc) is 2.64. The van der Waals surface area contributed by atoms with Crippen molar-refractivity contribution in [3.05, 3.63) is 35.7 Å². The van der Waals surface area contributed by atoms with Crippen LogP contribution in [0, 0.1) is 0 Å². The van der Waals surface area contributed by atoms with Gasteiger partial charge >= 0.3 is 0 Å². The molecule has 0 saturated carbocycles. The fourth-order valence-corrected chi connectivity index (χ4v) is 2.01. The van der Waals surface area contributed by atoms with Gasteiger partial charge in [-0.05, 0) is 12.5 Å². The van der Waals surface area contributed by atoms with Crippen LogP contribution in [-0.4, -0.2) is 41.9 Å². The summed E-state index contributed by atoms with van der Waals surface area (Å²) in [5, 5.41) is 10.3. The molecule has 1 N–H and O–H groups in total. The normalized spacial score (nSPS) is 10.1. The van der Waals surface area contributed by atoms with Gasteiger partial charge in [0, 0.05) is 18.3 Å². The molecule has 1 amide bonds. The van der Waals surface area contributed by atoms with Gasteiger partial charge in [-0.1, -0.05) is 13.0 Å². The van der Waals surface area contributed by atoms with Crippen molar-refractivity contribution in [3.63, 3.8) is 0 Å². The highest BCUT2D eigenvalue weighted by Crippen LogP contribution is 2.24. The van der Waals surface area contributed by atoms with Crippen LogP contribution in [0.1, 0.15) is 29.3 Å². The van der Waals surface area contributed by atoms with Crippen molar-refractivity contribution in [2.45, 2.75) is 19.9 Å². The number of nitrogens with one attached hydrogen (secondary N) is 1. The largest absolute Gasteiger partial charge is 0.494 e. The molecule has 24 heavy (non-hydrogen) atoms. The van der Waals surface area contributed by atoms with Gasteiger partial charge in [-0.2, -0.15) is 5.10 Å². The maximum Gasteiger partial charge on any atom is 0.260 e. The Hall–Kier alpha value is -2.90. The second kappa shape index (κ2) is 8.66. The summed E-state index contributed by atoms with van der Waals surface area (Å²) in [5.74, 6) is 0.504. The summed E-state index contributed by atoms with van der Waals surface area (Å²) in [7, 11) is 2.86. The Bertz CT molecular complexity index is 671. The average molecular weight is 332 g/mol. The highest BCUT2D eigenvalue weighted by atomic mass is 16.5. The summed E-state index contributed by atoms with van der Waals surface area (Å²) >= 11 is 0. The first-order valence-corrected chi connectivity index (χ1v) is 7.49. The van der Waals surface area contributed by atoms with Crippen LogP contribution in [0.5, 0.6) is 17.5 Å². The maximum atomic E-state index is 12.5. The maximum absolute atomic E-state index is 12.5. The van der Waals surface area contributed by atoms with E-state index in [1.165, 1.54) is 20.4 Å². The molecule has 0 fully saturated rings. The summed E-state index contributed by atoms with van der Waals surface area (Å²) in [6.07, 6.45) is 3.88. The summed E-state index contributed by atoms with van der Waals surface area (Å²) in [6, 6.07) is 3.63. The molecule has 0 aliphatic heterocycles. The van der Waals surface area contributed by atoms with Gasteiger partial charge in [-0.25, -0.2) is 4.98 Å². The molecular weight excluding hydrogens is 312 g/mol. The zero-order valence-electron chi connectivity index (χ0n) is 13.9. The van der Waals surface area contributed by atoms with Crippen molar-refractivity contribution in [3.8, 4) is 17.5 Å². The number of hydrogen-bond donors (Lipinski definition) is 1. The van der Waals surface area contributed by atoms with Gasteiger partial charge in [0.1, 0.15) is 5.56 Å². The number of pyridine rings is 1. The molecular formula is C16H20N4O4. The minimum absolute atomic E-state index is 0.0977. The van der Waals surface area contributed by atoms with Crippen molar-refractivity contribution >= 4 is 5.91 Å². The van der Waals surface area contributed by atoms with Gasteiger partial charge in [-0.3, -0.25) is 4.79 Å². The summed E-state index contributed by atoms with van der Waals surface area (Å²) in [4.78, 5) is 16.7. The van der Waals surface area contributed by atoms with Crippen LogP contribution >= 0.6 is 0 Å². The van der Waals surface area contributed by atoms with E-state index in [1.807, 2.05) is 13.0 Å². The molecule has 0 atom stereocenters. The predicted molar refractivity (Wildman–Crippen MR) is 86.3 cm³/mol. The SMILES string of the molecule is CCCOc1ncccc1CNC(=O)c1c(OC)cnnc1OC. The molecule has 0 unspecified atom stereocenters. The molecule has 128 valence electrons. The molecule has 8 nitrogen and oxygen atoms in total. The zero-order valence-corrected chi connectivity index (χ0v) is 13.9. The Labute approximate surface area is 140 Å². The smallest absolute Gasteiger partial charge is 0.260 e. The van der Waals surface area contributed by atoms with Crippen molar-refractivity contribution in [2.75, 3.05) is 20.8 Å². The van der Waals surface area contributed by atoms with Gasteiger partial charge in [0.05, 0.1) is 27.0 Å². The number of carbonyl (C=O) groups is 1. The van der Waals surface area contributed by atoms with E-state index in [2.05, 4.69) is 20.5 Å². The Morgan fingerprint density at radius 3 is 2.79 bits per heavy atom. The van der Waals surface area contributed by atoms with Crippen molar-refractivity contribution in [2.24, 2.45) is 0 Å². The third-order valence-electron chi connectivity index (χ3n) is 3.16. The molecule has 0 aromatic carbocycles. The zero-order chi connectivity index (χ0) is 17.4. The van der Waals surface area contributed by atoms with E-state index in [1.54, 1.807) is 12.3 Å². The Morgan fingerprint density at radius 2 is 2.08 bits per heavy atom. The first kappa shape index (κ1) is 17.5. The van der Waals surface area contributed by atoms with Crippen molar-refractivity contribution in [1.29, 1.82) is 0 Å². The molecule has 8 heteroatoms. The summed E-state index contributed by atoms with van der Waals surface area (Å²) in [5.41, 5.74) is 0.967. The van der Waals surface area contributed by atoms with Gasteiger partial charge in [0.2, 0.25) is 11.8 Å². The van der Waals surface area contributed by atoms with Gasteiger partial charge in [0.25, 0.3) is 5.91 Å². The van der Waals surface area contributed by atoms with Crippen molar-refractivity contribution < 1.29 is 19.0 Å². The first-order valence-electron chi connectivity index (χ1n) is 7.49. The minimum atomic E-state index is -0.385. The minimum Gasteiger partial charge on any atom is -0.494 e. The van der Waals surface area contributed by atoms with E-state index in [4.69, 9.17) is 14.2 Å². The summed E-state index contributed by atoms with van der Waals surface area (Å²) < 4.78 is 15.8. The van der Waals surface area contributed by atoms with Crippen LogP contribution in [0.2, 0.25) is 0 Å². The molecule has 2 rings (SSSR count). The number of rotatable bonds is 8. The van der Waals surface area contributed by atoms with Crippen LogP contribution < -0.4 is 19.5 Å². The van der Waals surface area contributed by atoms with E-state index in [-0.39, 0.29) is 29.6 Å². The van der Waals surface area contributed by atoms with E-state index in [0.717, 1.165) is 12.0 Å². The quantitative estimate of drug-likeness (QED) is 0.784. The molecule has 2 aromatic heterocycles. The highest BCUT2D eigenvalue weighted by molar-refractivity contribution is 5.98. The van der Waals surface area contributed by atoms with Crippen molar-refractivity contribution in [1.82, 2.24) is 20.5 Å². The van der Waals surface area contributed by atoms with Crippen LogP contribution in [-0.2, 0) is 6.54 Å². The Kier molecular flexibility index (Phi) is 6.30. The van der Waals surface area contributed by atoms with Gasteiger partial charge in [-0.15, -0.1) is 5.10 Å². The summed E-state index contributed by atoms with van der Waals surface area (Å²) in [6.45, 7) is 2.83. The molecule has 0 aliphatic rings. The first-order chi connectivity index (χ1) is 11.7. The molecule has 2 aromatic rings. The predicted octanol–water partition coefficient (Wildman–Crippen LogP) is 1.61. The molecule has 0 radical (unpaired) electrons. The van der Waals surface area contributed by atoms with E-state index >= 15 is 0 Å². The Morgan fingerprint density at radius 1 is 1.25 bits per heavy atom. The van der Waals surface area contributed by atoms with E-state index in [0.29, 0.717) is 12.5 Å². The topological polar surface area (TPSA) is 95.5 Å². The number of aromatic nitrogens is 3. The van der Waals surface area contributed by atoms with Gasteiger partial charge < -0.3 is 19.5 Å². The number of amides is 1. The van der Waals surface area contributed by atoms with Crippen LogP contribution in [0.4, 0.5) is 0 Å². The fourth-order valence-electron chi connectivity index (χ4n) is 2.01. The fraction of sp³-hybridized carbons (Fsp3) is 0.375. The highest BCUT2D eigenvalue weighted by Gasteiger charge is 2.20. The number of carbonyl (C=O) groups excluding carboxylic acids is 1. The van der Waals surface area contributed by atoms with E-state index in [9.17, 15) is 4.79 Å². The third-order valence-corrected chi connectivity index (χ3v) is 3.16. The number of ether oxygens (including phenoxy) is 3. The standard InChI is InChI=1S/C16H20N4O4/c1-4-8-24-15-11(6-5-7-17-15)9-18-14(21)13-12(22-2)10-19-20-16(13)23-3/h5-7,10H,4,8-9H2,1-3H3,(H,18,21). The second-order valence-corrected chi connectivity index (χ2v) is 4.80. The number of nitrogens with zero attached hydrogens (tertiary/aromatic N) is 3. The number of hydrogen-bond acceptors (Lipinski definition) is 7. The molecule has 0 aliphatic carbocycles. The third kappa shape index (κ3) is 4.09. The van der Waals surface area contributed by atoms with Gasteiger partial charge in [0.15, 0.2) is 5.75 Å². The lowest BCUT2D eigenvalue weighted by molar-refractivity contribution is 0.0943. The Balaban J connectivity index is 2.15. The monoisotopic (exact) mass is 332 g/mol. The van der Waals surface area contributed by atoms with Crippen LogP contribution in [0.3, 0.4) is 0 Å². The lowest BCUT2D eigenvalue weighted by atomic mass is 10.2. The molecule has 0 spiro atoms.